The molecule has 0 amide bonds. The first-order valence-corrected chi connectivity index (χ1v) is 10.6. The lowest BCUT2D eigenvalue weighted by Crippen LogP contribution is -2.49. The molecular formula is C24H27FN4O2. The monoisotopic (exact) mass is 422 g/mol. The van der Waals surface area contributed by atoms with Crippen molar-refractivity contribution < 1.29 is 9.50 Å². The molecule has 0 bridgehead atoms. The molecule has 0 spiro atoms. The van der Waals surface area contributed by atoms with Gasteiger partial charge in [-0.2, -0.15) is 0 Å². The number of aromatic hydroxyl groups is 1. The van der Waals surface area contributed by atoms with Gasteiger partial charge in [0.15, 0.2) is 0 Å². The fraction of sp³-hybridized carbons (Fsp3) is 0.333. The molecule has 2 aromatic heterocycles. The maximum Gasteiger partial charge on any atom is 0.259 e. The molecule has 3 heterocycles. The van der Waals surface area contributed by atoms with Crippen LogP contribution in [0.15, 0.2) is 59.5 Å². The number of rotatable bonds is 5. The minimum atomic E-state index is -0.535. The van der Waals surface area contributed by atoms with Crippen LogP contribution >= 0.6 is 0 Å². The number of anilines is 1. The molecule has 1 atom stereocenters. The Kier molecular flexibility index (Phi) is 6.04. The lowest BCUT2D eigenvalue weighted by Gasteiger charge is -2.40. The number of benzene rings is 1. The quantitative estimate of drug-likeness (QED) is 0.684. The number of aromatic nitrogens is 2. The molecule has 4 rings (SSSR count). The summed E-state index contributed by atoms with van der Waals surface area (Å²) in [4.78, 5) is 22.1. The number of aryl methyl sites for hydroxylation is 1. The van der Waals surface area contributed by atoms with E-state index in [-0.39, 0.29) is 17.1 Å². The Labute approximate surface area is 181 Å². The standard InChI is InChI=1S/C24H27FN4O2/c1-3-29-17(2)15-20(30)22(24(29)31)23(18-7-6-8-19(25)16-18)28-13-11-27(12-14-28)21-9-4-5-10-26-21/h4-10,15-16,23,30H,3,11-14H2,1-2H3/t23-/m1/s1. The van der Waals surface area contributed by atoms with Crippen LogP contribution in [0.4, 0.5) is 10.2 Å². The summed E-state index contributed by atoms with van der Waals surface area (Å²) in [5.74, 6) is 0.502. The van der Waals surface area contributed by atoms with Gasteiger partial charge in [-0.1, -0.05) is 18.2 Å². The zero-order valence-corrected chi connectivity index (χ0v) is 17.8. The van der Waals surface area contributed by atoms with Crippen molar-refractivity contribution in [1.29, 1.82) is 0 Å². The average molecular weight is 423 g/mol. The highest BCUT2D eigenvalue weighted by molar-refractivity contribution is 5.42. The lowest BCUT2D eigenvalue weighted by molar-refractivity contribution is 0.206. The molecule has 1 aliphatic rings. The van der Waals surface area contributed by atoms with Crippen molar-refractivity contribution in [3.63, 3.8) is 0 Å². The van der Waals surface area contributed by atoms with Crippen molar-refractivity contribution in [1.82, 2.24) is 14.5 Å². The predicted molar refractivity (Wildman–Crippen MR) is 119 cm³/mol. The Balaban J connectivity index is 1.73. The molecule has 6 nitrogen and oxygen atoms in total. The van der Waals surface area contributed by atoms with E-state index in [0.29, 0.717) is 36.5 Å². The SMILES string of the molecule is CCn1c(C)cc(O)c([C@@H](c2cccc(F)c2)N2CCN(c3ccccn3)CC2)c1=O. The van der Waals surface area contributed by atoms with E-state index in [2.05, 4.69) is 14.8 Å². The van der Waals surface area contributed by atoms with E-state index in [1.165, 1.54) is 12.1 Å². The van der Waals surface area contributed by atoms with Gasteiger partial charge in [0, 0.05) is 44.6 Å². The largest absolute Gasteiger partial charge is 0.507 e. The molecule has 0 saturated carbocycles. The summed E-state index contributed by atoms with van der Waals surface area (Å²) in [5.41, 5.74) is 1.42. The van der Waals surface area contributed by atoms with Gasteiger partial charge in [0.05, 0.1) is 11.6 Å². The van der Waals surface area contributed by atoms with Crippen molar-refractivity contribution >= 4 is 5.82 Å². The van der Waals surface area contributed by atoms with Crippen molar-refractivity contribution in [2.24, 2.45) is 0 Å². The maximum atomic E-state index is 14.1. The van der Waals surface area contributed by atoms with Gasteiger partial charge in [0.1, 0.15) is 17.4 Å². The zero-order chi connectivity index (χ0) is 22.0. The summed E-state index contributed by atoms with van der Waals surface area (Å²) in [6.07, 6.45) is 1.77. The molecule has 7 heteroatoms. The van der Waals surface area contributed by atoms with Crippen molar-refractivity contribution in [2.75, 3.05) is 31.1 Å². The average Bonchev–Trinajstić information content (AvgIpc) is 2.77. The summed E-state index contributed by atoms with van der Waals surface area (Å²) in [5, 5.41) is 10.8. The molecule has 1 aliphatic heterocycles. The highest BCUT2D eigenvalue weighted by atomic mass is 19.1. The van der Waals surface area contributed by atoms with E-state index in [9.17, 15) is 14.3 Å². The molecule has 0 aliphatic carbocycles. The fourth-order valence-corrected chi connectivity index (χ4v) is 4.41. The highest BCUT2D eigenvalue weighted by Gasteiger charge is 2.31. The number of halogens is 1. The van der Waals surface area contributed by atoms with E-state index in [0.717, 1.165) is 18.9 Å². The number of pyridine rings is 2. The van der Waals surface area contributed by atoms with Gasteiger partial charge in [-0.15, -0.1) is 0 Å². The molecule has 0 unspecified atom stereocenters. The number of hydrogen-bond acceptors (Lipinski definition) is 5. The van der Waals surface area contributed by atoms with E-state index in [1.807, 2.05) is 31.2 Å². The first kappa shape index (κ1) is 21.1. The molecular weight excluding hydrogens is 395 g/mol. The van der Waals surface area contributed by atoms with Gasteiger partial charge >= 0.3 is 0 Å². The van der Waals surface area contributed by atoms with Gasteiger partial charge in [0.25, 0.3) is 5.56 Å². The Hall–Kier alpha value is -3.19. The van der Waals surface area contributed by atoms with Crippen molar-refractivity contribution in [2.45, 2.75) is 26.4 Å². The van der Waals surface area contributed by atoms with Crippen LogP contribution in [0.3, 0.4) is 0 Å². The first-order valence-electron chi connectivity index (χ1n) is 10.6. The third kappa shape index (κ3) is 4.18. The van der Waals surface area contributed by atoms with Crippen LogP contribution in [0.2, 0.25) is 0 Å². The Morgan fingerprint density at radius 3 is 2.52 bits per heavy atom. The van der Waals surface area contributed by atoms with Gasteiger partial charge in [-0.25, -0.2) is 9.37 Å². The molecule has 3 aromatic rings. The van der Waals surface area contributed by atoms with Crippen LogP contribution in [0.5, 0.6) is 5.75 Å². The summed E-state index contributed by atoms with van der Waals surface area (Å²) in [6, 6.07) is 13.2. The highest BCUT2D eigenvalue weighted by Crippen LogP contribution is 2.34. The van der Waals surface area contributed by atoms with Crippen molar-refractivity contribution in [3.8, 4) is 5.75 Å². The third-order valence-corrected chi connectivity index (χ3v) is 5.93. The maximum absolute atomic E-state index is 14.1. The number of piperazine rings is 1. The first-order chi connectivity index (χ1) is 15.0. The predicted octanol–water partition coefficient (Wildman–Crippen LogP) is 3.33. The summed E-state index contributed by atoms with van der Waals surface area (Å²) < 4.78 is 15.8. The summed E-state index contributed by atoms with van der Waals surface area (Å²) in [6.45, 7) is 6.94. The molecule has 1 fully saturated rings. The van der Waals surface area contributed by atoms with Crippen LogP contribution in [-0.2, 0) is 6.54 Å². The Morgan fingerprint density at radius 1 is 1.10 bits per heavy atom. The second kappa shape index (κ2) is 8.89. The molecule has 162 valence electrons. The minimum Gasteiger partial charge on any atom is -0.507 e. The summed E-state index contributed by atoms with van der Waals surface area (Å²) in [7, 11) is 0. The second-order valence-electron chi connectivity index (χ2n) is 7.80. The topological polar surface area (TPSA) is 61.6 Å². The van der Waals surface area contributed by atoms with E-state index in [4.69, 9.17) is 0 Å². The van der Waals surface area contributed by atoms with E-state index >= 15 is 0 Å². The van der Waals surface area contributed by atoms with Crippen molar-refractivity contribution in [3.05, 3.63) is 87.7 Å². The smallest absolute Gasteiger partial charge is 0.259 e. The normalized spacial score (nSPS) is 15.8. The number of nitrogens with zero attached hydrogens (tertiary/aromatic N) is 4. The fourth-order valence-electron chi connectivity index (χ4n) is 4.41. The number of hydrogen-bond donors (Lipinski definition) is 1. The van der Waals surface area contributed by atoms with Crippen LogP contribution in [-0.4, -0.2) is 45.7 Å². The van der Waals surface area contributed by atoms with Crippen LogP contribution in [0.1, 0.15) is 29.8 Å². The van der Waals surface area contributed by atoms with Crippen LogP contribution in [0, 0.1) is 12.7 Å². The summed E-state index contributed by atoms with van der Waals surface area (Å²) >= 11 is 0. The van der Waals surface area contributed by atoms with Crippen LogP contribution < -0.4 is 10.5 Å². The molecule has 1 saturated heterocycles. The van der Waals surface area contributed by atoms with Gasteiger partial charge in [-0.05, 0) is 49.7 Å². The van der Waals surface area contributed by atoms with Gasteiger partial charge in [-0.3, -0.25) is 9.69 Å². The zero-order valence-electron chi connectivity index (χ0n) is 17.8. The lowest BCUT2D eigenvalue weighted by atomic mass is 9.96. The van der Waals surface area contributed by atoms with Gasteiger partial charge in [0.2, 0.25) is 0 Å². The van der Waals surface area contributed by atoms with E-state index in [1.54, 1.807) is 29.8 Å². The minimum absolute atomic E-state index is 0.0476. The third-order valence-electron chi connectivity index (χ3n) is 5.93. The van der Waals surface area contributed by atoms with Crippen LogP contribution in [0.25, 0.3) is 0 Å². The molecule has 1 N–H and O–H groups in total. The molecule has 31 heavy (non-hydrogen) atoms. The van der Waals surface area contributed by atoms with Gasteiger partial charge < -0.3 is 14.6 Å². The molecule has 1 aromatic carbocycles. The second-order valence-corrected chi connectivity index (χ2v) is 7.80. The Morgan fingerprint density at radius 2 is 1.87 bits per heavy atom. The Bertz CT molecular complexity index is 1110. The molecule has 0 radical (unpaired) electrons. The van der Waals surface area contributed by atoms with E-state index < -0.39 is 6.04 Å².